The predicted octanol–water partition coefficient (Wildman–Crippen LogP) is 3.16. The third kappa shape index (κ3) is 6.40. The third-order valence-corrected chi connectivity index (χ3v) is 5.31. The van der Waals surface area contributed by atoms with E-state index in [0.29, 0.717) is 56.5 Å². The molecule has 0 aliphatic carbocycles. The van der Waals surface area contributed by atoms with E-state index in [1.807, 2.05) is 23.1 Å². The smallest absolute Gasteiger partial charge is 0.225 e. The van der Waals surface area contributed by atoms with E-state index in [4.69, 9.17) is 18.6 Å². The van der Waals surface area contributed by atoms with Gasteiger partial charge in [-0.3, -0.25) is 4.79 Å². The summed E-state index contributed by atoms with van der Waals surface area (Å²) in [6, 6.07) is 7.43. The first-order valence-electron chi connectivity index (χ1n) is 10.9. The molecule has 3 rings (SSSR count). The summed E-state index contributed by atoms with van der Waals surface area (Å²) in [6.07, 6.45) is 4.46. The van der Waals surface area contributed by atoms with Gasteiger partial charge in [0.1, 0.15) is 12.4 Å². The molecule has 0 bridgehead atoms. The molecule has 33 heavy (non-hydrogen) atoms. The molecule has 8 heteroatoms. The minimum Gasteiger partial charge on any atom is -0.493 e. The van der Waals surface area contributed by atoms with Gasteiger partial charge in [-0.2, -0.15) is 0 Å². The third-order valence-electron chi connectivity index (χ3n) is 5.31. The Hall–Kier alpha value is -3.23. The molecule has 2 heterocycles. The predicted molar refractivity (Wildman–Crippen MR) is 126 cm³/mol. The van der Waals surface area contributed by atoms with Crippen molar-refractivity contribution in [1.29, 1.82) is 0 Å². The summed E-state index contributed by atoms with van der Waals surface area (Å²) in [4.78, 5) is 16.8. The van der Waals surface area contributed by atoms with E-state index >= 15 is 0 Å². The number of benzene rings is 1. The number of rotatable bonds is 12. The Balaban J connectivity index is 1.97. The van der Waals surface area contributed by atoms with Crippen molar-refractivity contribution in [3.05, 3.63) is 67.2 Å². The fraction of sp³-hybridized carbons (Fsp3) is 0.400. The lowest BCUT2D eigenvalue weighted by Gasteiger charge is -2.35. The summed E-state index contributed by atoms with van der Waals surface area (Å²) in [5.41, 5.74) is 1.67. The van der Waals surface area contributed by atoms with Crippen LogP contribution in [0.2, 0.25) is 0 Å². The van der Waals surface area contributed by atoms with Crippen molar-refractivity contribution in [2.24, 2.45) is 0 Å². The number of carbonyl (C=O) groups is 1. The molecule has 0 saturated heterocycles. The second-order valence-corrected chi connectivity index (χ2v) is 7.70. The van der Waals surface area contributed by atoms with E-state index in [1.54, 1.807) is 36.5 Å². The molecule has 1 N–H and O–H groups in total. The van der Waals surface area contributed by atoms with Crippen LogP contribution < -0.4 is 14.4 Å². The van der Waals surface area contributed by atoms with E-state index in [1.165, 1.54) is 0 Å². The highest BCUT2D eigenvalue weighted by Crippen LogP contribution is 2.40. The van der Waals surface area contributed by atoms with Gasteiger partial charge in [0.05, 0.1) is 45.8 Å². The highest BCUT2D eigenvalue weighted by Gasteiger charge is 2.28. The van der Waals surface area contributed by atoms with Crippen LogP contribution in [-0.4, -0.2) is 62.0 Å². The number of hydrogen-bond acceptors (Lipinski definition) is 7. The van der Waals surface area contributed by atoms with Gasteiger partial charge in [-0.1, -0.05) is 18.7 Å². The molecular formula is C25H32N2O6. The number of β-amino-alcohol motifs (C(OH)–C–C–N with tert-alkyl or cyclic N) is 1. The Morgan fingerprint density at radius 2 is 2.03 bits per heavy atom. The molecule has 0 fully saturated rings. The number of furan rings is 1. The van der Waals surface area contributed by atoms with Crippen molar-refractivity contribution < 1.29 is 28.5 Å². The Labute approximate surface area is 194 Å². The van der Waals surface area contributed by atoms with Crippen molar-refractivity contribution in [2.45, 2.75) is 25.6 Å². The van der Waals surface area contributed by atoms with Crippen LogP contribution in [0.4, 0.5) is 5.69 Å². The number of amides is 1. The second kappa shape index (κ2) is 12.1. The van der Waals surface area contributed by atoms with E-state index in [0.717, 1.165) is 11.3 Å². The maximum atomic E-state index is 13.1. The maximum absolute atomic E-state index is 13.1. The molecule has 0 saturated carbocycles. The Bertz CT molecular complexity index is 927. The number of aliphatic hydroxyl groups is 1. The first kappa shape index (κ1) is 24.4. The number of fused-ring (bicyclic) bond motifs is 1. The SMILES string of the molecule is C=CCOCC(O)CN1CCC(=O)N(Cc2ccco2)Cc2c1ccc(OC)c2OCC=C. The average molecular weight is 457 g/mol. The van der Waals surface area contributed by atoms with Crippen molar-refractivity contribution in [3.8, 4) is 11.5 Å². The zero-order valence-corrected chi connectivity index (χ0v) is 19.1. The quantitative estimate of drug-likeness (QED) is 0.388. The van der Waals surface area contributed by atoms with Crippen LogP contribution in [0.15, 0.2) is 60.3 Å². The fourth-order valence-electron chi connectivity index (χ4n) is 3.81. The van der Waals surface area contributed by atoms with E-state index < -0.39 is 6.10 Å². The van der Waals surface area contributed by atoms with Crippen LogP contribution in [0, 0.1) is 0 Å². The molecule has 1 aromatic carbocycles. The molecule has 1 amide bonds. The van der Waals surface area contributed by atoms with Gasteiger partial charge in [0.2, 0.25) is 5.91 Å². The average Bonchev–Trinajstić information content (AvgIpc) is 3.32. The number of nitrogens with zero attached hydrogens (tertiary/aromatic N) is 2. The lowest BCUT2D eigenvalue weighted by atomic mass is 10.1. The van der Waals surface area contributed by atoms with Gasteiger partial charge in [0, 0.05) is 30.8 Å². The summed E-state index contributed by atoms with van der Waals surface area (Å²) in [6.45, 7) is 9.58. The van der Waals surface area contributed by atoms with Gasteiger partial charge in [-0.15, -0.1) is 6.58 Å². The van der Waals surface area contributed by atoms with Crippen molar-refractivity contribution in [3.63, 3.8) is 0 Å². The minimum atomic E-state index is -0.730. The summed E-state index contributed by atoms with van der Waals surface area (Å²) < 4.78 is 22.4. The lowest BCUT2D eigenvalue weighted by Crippen LogP contribution is -2.41. The molecule has 0 radical (unpaired) electrons. The highest BCUT2D eigenvalue weighted by atomic mass is 16.5. The highest BCUT2D eigenvalue weighted by molar-refractivity contribution is 5.79. The van der Waals surface area contributed by atoms with Crippen LogP contribution in [-0.2, 0) is 22.6 Å². The summed E-state index contributed by atoms with van der Waals surface area (Å²) in [7, 11) is 1.58. The molecule has 1 aliphatic heterocycles. The van der Waals surface area contributed by atoms with E-state index in [2.05, 4.69) is 13.2 Å². The Kier molecular flexibility index (Phi) is 8.97. The van der Waals surface area contributed by atoms with E-state index in [9.17, 15) is 9.90 Å². The first-order chi connectivity index (χ1) is 16.1. The van der Waals surface area contributed by atoms with E-state index in [-0.39, 0.29) is 19.1 Å². The van der Waals surface area contributed by atoms with Crippen molar-refractivity contribution in [1.82, 2.24) is 4.90 Å². The molecular weight excluding hydrogens is 424 g/mol. The molecule has 1 unspecified atom stereocenters. The first-order valence-corrected chi connectivity index (χ1v) is 10.9. The summed E-state index contributed by atoms with van der Waals surface area (Å²) in [5, 5.41) is 10.5. The normalized spacial score (nSPS) is 14.8. The van der Waals surface area contributed by atoms with Crippen molar-refractivity contribution >= 4 is 11.6 Å². The zero-order valence-electron chi connectivity index (χ0n) is 19.1. The van der Waals surface area contributed by atoms with Gasteiger partial charge in [-0.05, 0) is 24.3 Å². The van der Waals surface area contributed by atoms with Crippen LogP contribution in [0.3, 0.4) is 0 Å². The van der Waals surface area contributed by atoms with Crippen LogP contribution in [0.25, 0.3) is 0 Å². The minimum absolute atomic E-state index is 0.0167. The molecule has 2 aromatic rings. The number of hydrogen-bond donors (Lipinski definition) is 1. The Morgan fingerprint density at radius 3 is 2.73 bits per heavy atom. The van der Waals surface area contributed by atoms with Gasteiger partial charge < -0.3 is 33.5 Å². The molecule has 178 valence electrons. The van der Waals surface area contributed by atoms with Gasteiger partial charge in [0.25, 0.3) is 0 Å². The van der Waals surface area contributed by atoms with Crippen LogP contribution in [0.1, 0.15) is 17.7 Å². The molecule has 0 spiro atoms. The van der Waals surface area contributed by atoms with Gasteiger partial charge in [0.15, 0.2) is 11.5 Å². The summed E-state index contributed by atoms with van der Waals surface area (Å²) in [5.74, 6) is 1.80. The number of ether oxygens (including phenoxy) is 3. The van der Waals surface area contributed by atoms with Crippen LogP contribution >= 0.6 is 0 Å². The Morgan fingerprint density at radius 1 is 1.21 bits per heavy atom. The van der Waals surface area contributed by atoms with Gasteiger partial charge in [-0.25, -0.2) is 0 Å². The lowest BCUT2D eigenvalue weighted by molar-refractivity contribution is -0.132. The standard InChI is InChI=1S/C25H32N2O6/c1-4-12-31-18-19(28)15-26-11-10-24(29)27(16-20-7-6-14-32-20)17-21-22(26)8-9-23(30-3)25(21)33-13-5-2/h4-9,14,19,28H,1-2,10-13,15-18H2,3H3. The monoisotopic (exact) mass is 456 g/mol. The second-order valence-electron chi connectivity index (χ2n) is 7.70. The number of anilines is 1. The molecule has 1 aromatic heterocycles. The van der Waals surface area contributed by atoms with Crippen molar-refractivity contribution in [2.75, 3.05) is 44.9 Å². The molecule has 8 nitrogen and oxygen atoms in total. The maximum Gasteiger partial charge on any atom is 0.225 e. The van der Waals surface area contributed by atoms with Crippen LogP contribution in [0.5, 0.6) is 11.5 Å². The number of aliphatic hydroxyl groups excluding tert-OH is 1. The van der Waals surface area contributed by atoms with Gasteiger partial charge >= 0.3 is 0 Å². The zero-order chi connectivity index (χ0) is 23.6. The topological polar surface area (TPSA) is 84.6 Å². The molecule has 1 atom stereocenters. The molecule has 1 aliphatic rings. The summed E-state index contributed by atoms with van der Waals surface area (Å²) >= 11 is 0. The largest absolute Gasteiger partial charge is 0.493 e. The number of methoxy groups -OCH3 is 1. The number of carbonyl (C=O) groups excluding carboxylic acids is 1. The fourth-order valence-corrected chi connectivity index (χ4v) is 3.81.